The minimum atomic E-state index is -0.359. The number of para-hydroxylation sites is 1. The predicted molar refractivity (Wildman–Crippen MR) is 160 cm³/mol. The lowest BCUT2D eigenvalue weighted by Gasteiger charge is -2.43. The topological polar surface area (TPSA) is 79.5 Å². The number of rotatable bonds is 5. The summed E-state index contributed by atoms with van der Waals surface area (Å²) >= 11 is 9.50. The molecule has 4 aliphatic rings. The molecule has 0 radical (unpaired) electrons. The quantitative estimate of drug-likeness (QED) is 0.270. The maximum Gasteiger partial charge on any atom is 0.305 e. The number of aromatic nitrogens is 1. The summed E-state index contributed by atoms with van der Waals surface area (Å²) in [4.78, 5) is 45.7. The zero-order valence-electron chi connectivity index (χ0n) is 21.7. The minimum Gasteiger partial charge on any atom is -0.489 e. The molecule has 2 saturated carbocycles. The van der Waals surface area contributed by atoms with E-state index in [1.807, 2.05) is 78.9 Å². The summed E-state index contributed by atoms with van der Waals surface area (Å²) in [5.41, 5.74) is 2.62. The first-order valence-electron chi connectivity index (χ1n) is 13.8. The molecular formula is C32H25ClN2O4S2. The molecule has 1 saturated heterocycles. The maximum atomic E-state index is 13.9. The molecular weight excluding hydrogens is 576 g/mol. The van der Waals surface area contributed by atoms with E-state index in [0.717, 1.165) is 33.2 Å². The summed E-state index contributed by atoms with van der Waals surface area (Å²) in [7, 11) is 0. The number of anilines is 1. The number of thiazole rings is 1. The van der Waals surface area contributed by atoms with Crippen LogP contribution in [-0.2, 0) is 16.2 Å². The van der Waals surface area contributed by atoms with Gasteiger partial charge in [-0.2, -0.15) is 0 Å². The molecule has 6 nitrogen and oxygen atoms in total. The predicted octanol–water partition coefficient (Wildman–Crippen LogP) is 6.35. The van der Waals surface area contributed by atoms with Crippen LogP contribution in [0.1, 0.15) is 28.3 Å². The Morgan fingerprint density at radius 1 is 0.902 bits per heavy atom. The van der Waals surface area contributed by atoms with Crippen LogP contribution in [0.25, 0.3) is 0 Å². The molecule has 3 aromatic carbocycles. The van der Waals surface area contributed by atoms with Crippen molar-refractivity contribution in [1.29, 1.82) is 0 Å². The standard InChI is InChI=1S/C32H25ClN2O4S2/c33-17-11-12-22(39-15-16-7-3-1-4-8-16)19(13-17)23-24-20-14-21(27(24)40-29-28(23)41-32(38)34-29)26-25(20)30(36)35(31(26)37)18-9-5-2-6-10-18/h1-13,20-21,23-27H,14-15H2,(H,34,38)/t20-,21-,23?,24?,25?,26?,27?/m1/s1. The second kappa shape index (κ2) is 9.61. The first kappa shape index (κ1) is 25.4. The van der Waals surface area contributed by atoms with Gasteiger partial charge in [0.05, 0.1) is 22.5 Å². The first-order chi connectivity index (χ1) is 20.0. The number of ether oxygens (including phenoxy) is 1. The molecule has 1 aromatic heterocycles. The Morgan fingerprint density at radius 2 is 1.61 bits per heavy atom. The highest BCUT2D eigenvalue weighted by molar-refractivity contribution is 8.00. The van der Waals surface area contributed by atoms with Crippen LogP contribution in [0.5, 0.6) is 5.75 Å². The van der Waals surface area contributed by atoms with Gasteiger partial charge in [0.15, 0.2) is 0 Å². The number of fused-ring (bicyclic) bond motifs is 9. The molecule has 206 valence electrons. The number of carbonyl (C=O) groups excluding carboxylic acids is 2. The van der Waals surface area contributed by atoms with Gasteiger partial charge >= 0.3 is 4.87 Å². The van der Waals surface area contributed by atoms with E-state index >= 15 is 0 Å². The number of nitrogens with one attached hydrogen (secondary N) is 1. The summed E-state index contributed by atoms with van der Waals surface area (Å²) in [6, 6.07) is 24.9. The summed E-state index contributed by atoms with van der Waals surface area (Å²) in [5.74, 6) is -0.191. The minimum absolute atomic E-state index is 0.0176. The van der Waals surface area contributed by atoms with Crippen LogP contribution in [0.4, 0.5) is 5.69 Å². The molecule has 1 N–H and O–H groups in total. The Hall–Kier alpha value is -3.33. The van der Waals surface area contributed by atoms with Crippen molar-refractivity contribution in [3.8, 4) is 5.75 Å². The van der Waals surface area contributed by atoms with Gasteiger partial charge in [0.2, 0.25) is 11.8 Å². The molecule has 2 bridgehead atoms. The van der Waals surface area contributed by atoms with Gasteiger partial charge in [-0.15, -0.1) is 11.8 Å². The number of nitrogens with zero attached hydrogens (tertiary/aromatic N) is 1. The molecule has 9 heteroatoms. The third-order valence-corrected chi connectivity index (χ3v) is 12.1. The van der Waals surface area contributed by atoms with Crippen LogP contribution in [0.3, 0.4) is 0 Å². The smallest absolute Gasteiger partial charge is 0.305 e. The zero-order chi connectivity index (χ0) is 27.8. The van der Waals surface area contributed by atoms with Crippen molar-refractivity contribution in [3.63, 3.8) is 0 Å². The Labute approximate surface area is 249 Å². The van der Waals surface area contributed by atoms with Crippen molar-refractivity contribution in [3.05, 3.63) is 110 Å². The lowest BCUT2D eigenvalue weighted by molar-refractivity contribution is -0.123. The second-order valence-corrected chi connectivity index (χ2v) is 13.9. The van der Waals surface area contributed by atoms with Gasteiger partial charge < -0.3 is 9.72 Å². The van der Waals surface area contributed by atoms with E-state index < -0.39 is 0 Å². The van der Waals surface area contributed by atoms with Crippen molar-refractivity contribution in [1.82, 2.24) is 4.98 Å². The van der Waals surface area contributed by atoms with Crippen LogP contribution in [-0.4, -0.2) is 22.0 Å². The average molecular weight is 601 g/mol. The molecule has 3 heterocycles. The number of halogens is 1. The van der Waals surface area contributed by atoms with Crippen LogP contribution >= 0.6 is 34.7 Å². The normalized spacial score (nSPS) is 29.4. The van der Waals surface area contributed by atoms with Crippen LogP contribution in [0.2, 0.25) is 5.02 Å². The van der Waals surface area contributed by atoms with Crippen molar-refractivity contribution in [2.24, 2.45) is 29.6 Å². The first-order valence-corrected chi connectivity index (χ1v) is 15.9. The Kier molecular flexibility index (Phi) is 5.95. The molecule has 2 aliphatic carbocycles. The van der Waals surface area contributed by atoms with Crippen LogP contribution < -0.4 is 14.5 Å². The van der Waals surface area contributed by atoms with Crippen LogP contribution in [0.15, 0.2) is 88.7 Å². The van der Waals surface area contributed by atoms with E-state index in [4.69, 9.17) is 16.3 Å². The number of benzene rings is 3. The van der Waals surface area contributed by atoms with Crippen molar-refractivity contribution >= 4 is 52.2 Å². The fraction of sp³-hybridized carbons (Fsp3) is 0.281. The van der Waals surface area contributed by atoms with E-state index in [9.17, 15) is 14.4 Å². The fourth-order valence-corrected chi connectivity index (χ4v) is 10.9. The number of imide groups is 1. The highest BCUT2D eigenvalue weighted by atomic mass is 35.5. The van der Waals surface area contributed by atoms with E-state index in [-0.39, 0.29) is 57.4 Å². The lowest BCUT2D eigenvalue weighted by atomic mass is 9.68. The molecule has 5 unspecified atom stereocenters. The van der Waals surface area contributed by atoms with Gasteiger partial charge in [0.1, 0.15) is 12.4 Å². The lowest BCUT2D eigenvalue weighted by Crippen LogP contribution is -2.42. The largest absolute Gasteiger partial charge is 0.489 e. The van der Waals surface area contributed by atoms with Gasteiger partial charge in [0, 0.05) is 26.6 Å². The molecule has 3 fully saturated rings. The number of amides is 2. The zero-order valence-corrected chi connectivity index (χ0v) is 24.1. The molecule has 4 aromatic rings. The number of H-pyrrole nitrogens is 1. The number of hydrogen-bond acceptors (Lipinski definition) is 6. The van der Waals surface area contributed by atoms with E-state index in [1.165, 1.54) is 16.2 Å². The summed E-state index contributed by atoms with van der Waals surface area (Å²) < 4.78 is 6.40. The number of hydrogen-bond donors (Lipinski definition) is 1. The van der Waals surface area contributed by atoms with Gasteiger partial charge in [-0.05, 0) is 60.1 Å². The monoisotopic (exact) mass is 600 g/mol. The number of carbonyl (C=O) groups is 2. The Bertz CT molecular complexity index is 1740. The third kappa shape index (κ3) is 3.87. The summed E-state index contributed by atoms with van der Waals surface area (Å²) in [6.07, 6.45) is 0.828. The molecule has 2 amide bonds. The number of thioether (sulfide) groups is 1. The second-order valence-electron chi connectivity index (χ2n) is 11.3. The molecule has 8 rings (SSSR count). The molecule has 0 spiro atoms. The molecule has 41 heavy (non-hydrogen) atoms. The Balaban J connectivity index is 1.21. The van der Waals surface area contributed by atoms with Gasteiger partial charge in [-0.3, -0.25) is 19.3 Å². The summed E-state index contributed by atoms with van der Waals surface area (Å²) in [5, 5.41) is 1.55. The Morgan fingerprint density at radius 3 is 2.37 bits per heavy atom. The van der Waals surface area contributed by atoms with Gasteiger partial charge in [-0.1, -0.05) is 71.5 Å². The van der Waals surface area contributed by atoms with Crippen molar-refractivity contribution in [2.45, 2.75) is 29.2 Å². The highest BCUT2D eigenvalue weighted by Gasteiger charge is 2.69. The van der Waals surface area contributed by atoms with E-state index in [1.54, 1.807) is 11.8 Å². The maximum absolute atomic E-state index is 13.9. The third-order valence-electron chi connectivity index (χ3n) is 9.28. The van der Waals surface area contributed by atoms with Crippen LogP contribution in [0, 0.1) is 29.6 Å². The molecule has 7 atom stereocenters. The summed E-state index contributed by atoms with van der Waals surface area (Å²) in [6.45, 7) is 0.400. The van der Waals surface area contributed by atoms with E-state index in [0.29, 0.717) is 17.3 Å². The highest BCUT2D eigenvalue weighted by Crippen LogP contribution is 2.69. The van der Waals surface area contributed by atoms with Crippen molar-refractivity contribution in [2.75, 3.05) is 4.90 Å². The SMILES string of the molecule is O=C1C2C(C(=O)N1c1ccccc1)[C@@H]1C[C@H]2C2Sc3[nH]c(=O)sc3C(c3cc(Cl)ccc3OCc3ccccc3)C21. The van der Waals surface area contributed by atoms with Gasteiger partial charge in [-0.25, -0.2) is 0 Å². The van der Waals surface area contributed by atoms with E-state index in [2.05, 4.69) is 4.98 Å². The van der Waals surface area contributed by atoms with Gasteiger partial charge in [0.25, 0.3) is 0 Å². The number of aromatic amines is 1. The van der Waals surface area contributed by atoms with Crippen molar-refractivity contribution < 1.29 is 14.3 Å². The fourth-order valence-electron chi connectivity index (χ4n) is 7.83. The average Bonchev–Trinajstić information content (AvgIpc) is 3.72. The molecule has 2 aliphatic heterocycles.